The van der Waals surface area contributed by atoms with Crippen LogP contribution >= 0.6 is 0 Å². The van der Waals surface area contributed by atoms with Gasteiger partial charge in [-0.25, -0.2) is 0 Å². The minimum atomic E-state index is -4.24. The fourth-order valence-electron chi connectivity index (χ4n) is 1.86. The standard InChI is InChI=1S/C15H21F3N2O/c1-11(2)14(21)20-9-8-19-13(10-15(16,17)18)12-6-4-3-5-7-12/h3-7,11,13,19H,8-10H2,1-2H3,(H,20,21). The summed E-state index contributed by atoms with van der Waals surface area (Å²) in [6, 6.07) is 7.70. The summed E-state index contributed by atoms with van der Waals surface area (Å²) >= 11 is 0. The molecule has 1 aromatic rings. The van der Waals surface area contributed by atoms with E-state index in [9.17, 15) is 18.0 Å². The second-order valence-electron chi connectivity index (χ2n) is 5.18. The number of hydrogen-bond donors (Lipinski definition) is 2. The van der Waals surface area contributed by atoms with E-state index in [0.29, 0.717) is 12.1 Å². The number of amides is 1. The zero-order valence-electron chi connectivity index (χ0n) is 12.2. The number of alkyl halides is 3. The Kier molecular flexibility index (Phi) is 6.68. The van der Waals surface area contributed by atoms with E-state index in [-0.39, 0.29) is 18.4 Å². The van der Waals surface area contributed by atoms with Gasteiger partial charge in [0.05, 0.1) is 6.42 Å². The van der Waals surface area contributed by atoms with Gasteiger partial charge in [-0.1, -0.05) is 44.2 Å². The first kappa shape index (κ1) is 17.5. The van der Waals surface area contributed by atoms with E-state index >= 15 is 0 Å². The van der Waals surface area contributed by atoms with Crippen LogP contribution < -0.4 is 10.6 Å². The summed E-state index contributed by atoms with van der Waals surface area (Å²) in [4.78, 5) is 11.4. The molecule has 1 amide bonds. The second kappa shape index (κ2) is 8.02. The summed E-state index contributed by atoms with van der Waals surface area (Å²) in [7, 11) is 0. The van der Waals surface area contributed by atoms with Gasteiger partial charge in [0, 0.05) is 25.0 Å². The quantitative estimate of drug-likeness (QED) is 0.760. The predicted molar refractivity (Wildman–Crippen MR) is 75.7 cm³/mol. The van der Waals surface area contributed by atoms with Crippen molar-refractivity contribution in [2.45, 2.75) is 32.5 Å². The molecule has 0 saturated heterocycles. The highest BCUT2D eigenvalue weighted by Gasteiger charge is 2.32. The minimum Gasteiger partial charge on any atom is -0.355 e. The Morgan fingerprint density at radius 3 is 2.29 bits per heavy atom. The predicted octanol–water partition coefficient (Wildman–Crippen LogP) is 3.04. The number of rotatable bonds is 7. The van der Waals surface area contributed by atoms with Crippen molar-refractivity contribution in [3.8, 4) is 0 Å². The molecule has 0 aliphatic rings. The average Bonchev–Trinajstić information content (AvgIpc) is 2.41. The van der Waals surface area contributed by atoms with Gasteiger partial charge in [0.15, 0.2) is 0 Å². The van der Waals surface area contributed by atoms with E-state index < -0.39 is 18.6 Å². The Morgan fingerprint density at radius 2 is 1.76 bits per heavy atom. The van der Waals surface area contributed by atoms with Crippen molar-refractivity contribution in [2.75, 3.05) is 13.1 Å². The Labute approximate surface area is 122 Å². The van der Waals surface area contributed by atoms with Crippen LogP contribution in [0.4, 0.5) is 13.2 Å². The summed E-state index contributed by atoms with van der Waals surface area (Å²) in [5.41, 5.74) is 0.588. The molecule has 1 rings (SSSR count). The number of carbonyl (C=O) groups excluding carboxylic acids is 1. The molecule has 1 unspecified atom stereocenters. The van der Waals surface area contributed by atoms with Crippen LogP contribution in [0.2, 0.25) is 0 Å². The van der Waals surface area contributed by atoms with Gasteiger partial charge in [-0.05, 0) is 5.56 Å². The molecule has 21 heavy (non-hydrogen) atoms. The fraction of sp³-hybridized carbons (Fsp3) is 0.533. The first-order chi connectivity index (χ1) is 9.79. The van der Waals surface area contributed by atoms with Gasteiger partial charge in [-0.3, -0.25) is 4.79 Å². The monoisotopic (exact) mass is 302 g/mol. The smallest absolute Gasteiger partial charge is 0.355 e. The van der Waals surface area contributed by atoms with Gasteiger partial charge in [-0.2, -0.15) is 13.2 Å². The summed E-state index contributed by atoms with van der Waals surface area (Å²) in [6.45, 7) is 4.12. The molecule has 0 bridgehead atoms. The van der Waals surface area contributed by atoms with Gasteiger partial charge >= 0.3 is 6.18 Å². The van der Waals surface area contributed by atoms with Crippen LogP contribution in [-0.4, -0.2) is 25.2 Å². The molecule has 0 saturated carbocycles. The maximum Gasteiger partial charge on any atom is 0.390 e. The van der Waals surface area contributed by atoms with Gasteiger partial charge in [0.1, 0.15) is 0 Å². The van der Waals surface area contributed by atoms with E-state index in [0.717, 1.165) is 0 Å². The van der Waals surface area contributed by atoms with Gasteiger partial charge in [0.2, 0.25) is 5.91 Å². The molecule has 1 atom stereocenters. The van der Waals surface area contributed by atoms with E-state index in [2.05, 4.69) is 10.6 Å². The van der Waals surface area contributed by atoms with E-state index in [4.69, 9.17) is 0 Å². The third-order valence-electron chi connectivity index (χ3n) is 2.98. The Balaban J connectivity index is 2.53. The number of benzene rings is 1. The first-order valence-corrected chi connectivity index (χ1v) is 6.92. The molecule has 0 aromatic heterocycles. The van der Waals surface area contributed by atoms with Crippen LogP contribution in [-0.2, 0) is 4.79 Å². The van der Waals surface area contributed by atoms with Crippen LogP contribution in [0.5, 0.6) is 0 Å². The Bertz CT molecular complexity index is 432. The molecule has 0 fully saturated rings. The molecule has 1 aromatic carbocycles. The molecular formula is C15H21F3N2O. The number of nitrogens with one attached hydrogen (secondary N) is 2. The SMILES string of the molecule is CC(C)C(=O)NCCNC(CC(F)(F)F)c1ccccc1. The lowest BCUT2D eigenvalue weighted by molar-refractivity contribution is -0.140. The van der Waals surface area contributed by atoms with E-state index in [1.165, 1.54) is 0 Å². The molecule has 6 heteroatoms. The van der Waals surface area contributed by atoms with Crippen molar-refractivity contribution < 1.29 is 18.0 Å². The van der Waals surface area contributed by atoms with Gasteiger partial charge in [-0.15, -0.1) is 0 Å². The molecule has 3 nitrogen and oxygen atoms in total. The highest BCUT2D eigenvalue weighted by Crippen LogP contribution is 2.29. The van der Waals surface area contributed by atoms with Crippen LogP contribution in [0.15, 0.2) is 30.3 Å². The first-order valence-electron chi connectivity index (χ1n) is 6.92. The van der Waals surface area contributed by atoms with Gasteiger partial charge < -0.3 is 10.6 Å². The average molecular weight is 302 g/mol. The Hall–Kier alpha value is -1.56. The third-order valence-corrected chi connectivity index (χ3v) is 2.98. The molecule has 0 spiro atoms. The molecule has 0 heterocycles. The van der Waals surface area contributed by atoms with Gasteiger partial charge in [0.25, 0.3) is 0 Å². The molecule has 0 aliphatic carbocycles. The second-order valence-corrected chi connectivity index (χ2v) is 5.18. The minimum absolute atomic E-state index is 0.108. The highest BCUT2D eigenvalue weighted by atomic mass is 19.4. The summed E-state index contributed by atoms with van der Waals surface area (Å²) in [5, 5.41) is 5.52. The molecule has 118 valence electrons. The third kappa shape index (κ3) is 7.13. The normalized spacial score (nSPS) is 13.2. The maximum absolute atomic E-state index is 12.6. The van der Waals surface area contributed by atoms with Crippen molar-refractivity contribution in [1.82, 2.24) is 10.6 Å². The highest BCUT2D eigenvalue weighted by molar-refractivity contribution is 5.77. The van der Waals surface area contributed by atoms with E-state index in [1.54, 1.807) is 44.2 Å². The Morgan fingerprint density at radius 1 is 1.14 bits per heavy atom. The summed E-state index contributed by atoms with van der Waals surface area (Å²) < 4.78 is 37.9. The number of hydrogen-bond acceptors (Lipinski definition) is 2. The zero-order valence-corrected chi connectivity index (χ0v) is 12.2. The number of halogens is 3. The van der Waals surface area contributed by atoms with Crippen LogP contribution in [0.25, 0.3) is 0 Å². The van der Waals surface area contributed by atoms with Crippen molar-refractivity contribution in [3.05, 3.63) is 35.9 Å². The largest absolute Gasteiger partial charge is 0.390 e. The number of carbonyl (C=O) groups is 1. The van der Waals surface area contributed by atoms with Crippen molar-refractivity contribution in [1.29, 1.82) is 0 Å². The summed E-state index contributed by atoms with van der Waals surface area (Å²) in [5.74, 6) is -0.242. The van der Waals surface area contributed by atoms with Crippen LogP contribution in [0, 0.1) is 5.92 Å². The van der Waals surface area contributed by atoms with Crippen molar-refractivity contribution in [2.24, 2.45) is 5.92 Å². The lowest BCUT2D eigenvalue weighted by Crippen LogP contribution is -2.36. The fourth-order valence-corrected chi connectivity index (χ4v) is 1.86. The van der Waals surface area contributed by atoms with Crippen LogP contribution in [0.1, 0.15) is 31.9 Å². The zero-order chi connectivity index (χ0) is 15.9. The molecule has 0 radical (unpaired) electrons. The van der Waals surface area contributed by atoms with E-state index in [1.807, 2.05) is 0 Å². The van der Waals surface area contributed by atoms with Crippen molar-refractivity contribution >= 4 is 5.91 Å². The van der Waals surface area contributed by atoms with Crippen LogP contribution in [0.3, 0.4) is 0 Å². The molecule has 2 N–H and O–H groups in total. The topological polar surface area (TPSA) is 41.1 Å². The molecular weight excluding hydrogens is 281 g/mol. The maximum atomic E-state index is 12.6. The summed E-state index contributed by atoms with van der Waals surface area (Å²) in [6.07, 6.45) is -5.18. The lowest BCUT2D eigenvalue weighted by atomic mass is 10.0. The molecule has 0 aliphatic heterocycles. The van der Waals surface area contributed by atoms with Crippen molar-refractivity contribution in [3.63, 3.8) is 0 Å². The lowest BCUT2D eigenvalue weighted by Gasteiger charge is -2.21.